The smallest absolute Gasteiger partial charge is 0.0843 e. The molecule has 0 saturated carbocycles. The topological polar surface area (TPSA) is 0 Å². The van der Waals surface area contributed by atoms with E-state index in [9.17, 15) is 0 Å². The van der Waals surface area contributed by atoms with E-state index < -0.39 is 0 Å². The Morgan fingerprint density at radius 1 is 0.938 bits per heavy atom. The van der Waals surface area contributed by atoms with E-state index in [1.54, 1.807) is 6.07 Å². The molecule has 2 aromatic carbocycles. The third-order valence-electron chi connectivity index (χ3n) is 1.83. The van der Waals surface area contributed by atoms with Crippen LogP contribution in [0.2, 0.25) is 10.0 Å². The van der Waals surface area contributed by atoms with Crippen LogP contribution in [0.5, 0.6) is 0 Å². The molecule has 0 amide bonds. The van der Waals surface area contributed by atoms with Crippen LogP contribution in [0.25, 0.3) is 0 Å². The molecule has 0 aliphatic carbocycles. The molecule has 0 aliphatic heterocycles. The molecule has 0 spiro atoms. The highest BCUT2D eigenvalue weighted by Gasteiger charge is 2.02. The van der Waals surface area contributed by atoms with Gasteiger partial charge in [0, 0.05) is 5.02 Å². The fourth-order valence-corrected chi connectivity index (χ4v) is 1.78. The lowest BCUT2D eigenvalue weighted by molar-refractivity contribution is -0.328. The van der Waals surface area contributed by atoms with Crippen molar-refractivity contribution in [2.45, 2.75) is 6.92 Å². The van der Waals surface area contributed by atoms with Gasteiger partial charge in [-0.1, -0.05) is 59.1 Å². The molecule has 0 atom stereocenters. The molecule has 0 bridgehead atoms. The van der Waals surface area contributed by atoms with Crippen LogP contribution >= 0.6 is 23.2 Å². The Hall–Kier alpha value is -0.250. The molecule has 2 aromatic rings. The number of aryl methyl sites for hydroxylation is 1. The molecule has 84 valence electrons. The second-order valence-corrected chi connectivity index (χ2v) is 5.33. The third kappa shape index (κ3) is 5.19. The summed E-state index contributed by atoms with van der Waals surface area (Å²) in [6.07, 6.45) is 0. The summed E-state index contributed by atoms with van der Waals surface area (Å²) < 4.78 is 1.07. The van der Waals surface area contributed by atoms with Gasteiger partial charge < -0.3 is 0 Å². The van der Waals surface area contributed by atoms with E-state index in [4.69, 9.17) is 23.2 Å². The van der Waals surface area contributed by atoms with E-state index in [2.05, 4.69) is 19.1 Å². The minimum Gasteiger partial charge on any atom is -0.0843 e. The van der Waals surface area contributed by atoms with Crippen molar-refractivity contribution in [3.63, 3.8) is 0 Å². The van der Waals surface area contributed by atoms with Crippen molar-refractivity contribution in [2.24, 2.45) is 0 Å². The molecular weight excluding hydrogens is 354 g/mol. The maximum atomic E-state index is 5.73. The summed E-state index contributed by atoms with van der Waals surface area (Å²) in [4.78, 5) is 0. The Balaban J connectivity index is 0.000000165. The minimum atomic E-state index is 0.687. The average Bonchev–Trinajstić information content (AvgIpc) is 2.26. The lowest BCUT2D eigenvalue weighted by Crippen LogP contribution is -3.34. The largest absolute Gasteiger partial charge is 0.298 e. The summed E-state index contributed by atoms with van der Waals surface area (Å²) in [6.45, 7) is 2.08. The number of hydrogen-bond donors (Lipinski definition) is 0. The second kappa shape index (κ2) is 7.15. The number of halogens is 3. The number of hydrogen-bond acceptors (Lipinski definition) is 0. The Morgan fingerprint density at radius 3 is 1.94 bits per heavy atom. The quantitative estimate of drug-likeness (QED) is 0.489. The Kier molecular flexibility index (Phi) is 6.17. The van der Waals surface area contributed by atoms with E-state index >= 15 is 0 Å². The standard InChI is InChI=1S/C7H8.C6H4Cl2I/c1-7-5-3-2-4-6-7;7-4-1-2-6(9)5(8)3-4/h2-6H,1H3;1-3,9H/q;+1. The highest BCUT2D eigenvalue weighted by molar-refractivity contribution is 6.34. The predicted octanol–water partition coefficient (Wildman–Crippen LogP) is 1.44. The molecule has 0 heterocycles. The summed E-state index contributed by atoms with van der Waals surface area (Å²) >= 11 is 13.2. The van der Waals surface area contributed by atoms with Crippen LogP contribution in [0.3, 0.4) is 0 Å². The zero-order valence-corrected chi connectivity index (χ0v) is 12.6. The fraction of sp³-hybridized carbons (Fsp3) is 0.0769. The fourth-order valence-electron chi connectivity index (χ4n) is 1.01. The number of rotatable bonds is 0. The molecule has 3 heteroatoms. The van der Waals surface area contributed by atoms with Gasteiger partial charge in [-0.2, -0.15) is 0 Å². The first-order valence-corrected chi connectivity index (χ1v) is 6.65. The molecule has 0 fully saturated rings. The van der Waals surface area contributed by atoms with Crippen LogP contribution < -0.4 is 22.6 Å². The Morgan fingerprint density at radius 2 is 1.56 bits per heavy atom. The van der Waals surface area contributed by atoms with Gasteiger partial charge in [-0.15, -0.1) is 0 Å². The van der Waals surface area contributed by atoms with Crippen LogP contribution in [-0.2, 0) is 0 Å². The summed E-state index contributed by atoms with van der Waals surface area (Å²) in [7, 11) is 0. The van der Waals surface area contributed by atoms with Crippen molar-refractivity contribution in [3.05, 3.63) is 67.7 Å². The van der Waals surface area contributed by atoms with Gasteiger partial charge in [-0.25, -0.2) is 0 Å². The van der Waals surface area contributed by atoms with Crippen LogP contribution in [0.4, 0.5) is 0 Å². The van der Waals surface area contributed by atoms with Crippen LogP contribution in [0, 0.1) is 10.5 Å². The van der Waals surface area contributed by atoms with Gasteiger partial charge in [0.1, 0.15) is 0 Å². The Labute approximate surface area is 120 Å². The van der Waals surface area contributed by atoms with E-state index in [-0.39, 0.29) is 0 Å². The van der Waals surface area contributed by atoms with Crippen LogP contribution in [0.15, 0.2) is 48.5 Å². The second-order valence-electron chi connectivity index (χ2n) is 3.23. The highest BCUT2D eigenvalue weighted by Crippen LogP contribution is 2.14. The van der Waals surface area contributed by atoms with Gasteiger partial charge in [-0.05, 0) is 25.1 Å². The van der Waals surface area contributed by atoms with Crippen molar-refractivity contribution in [1.29, 1.82) is 0 Å². The summed E-state index contributed by atoms with van der Waals surface area (Å²) in [5, 5.41) is 1.42. The molecular formula is C13H12Cl2I+. The molecule has 0 aliphatic rings. The molecule has 2 rings (SSSR count). The molecule has 0 N–H and O–H groups in total. The molecule has 0 nitrogen and oxygen atoms in total. The number of benzene rings is 2. The van der Waals surface area contributed by atoms with E-state index in [0.29, 0.717) is 5.02 Å². The van der Waals surface area contributed by atoms with Crippen molar-refractivity contribution in [2.75, 3.05) is 0 Å². The van der Waals surface area contributed by atoms with Crippen molar-refractivity contribution in [3.8, 4) is 0 Å². The third-order valence-corrected chi connectivity index (χ3v) is 3.75. The maximum absolute atomic E-state index is 5.73. The van der Waals surface area contributed by atoms with E-state index in [1.165, 1.54) is 5.56 Å². The van der Waals surface area contributed by atoms with Gasteiger partial charge in [0.05, 0.1) is 5.02 Å². The molecule has 0 saturated heterocycles. The van der Waals surface area contributed by atoms with Crippen molar-refractivity contribution >= 4 is 23.2 Å². The average molecular weight is 366 g/mol. The molecule has 0 aromatic heterocycles. The summed E-state index contributed by atoms with van der Waals surface area (Å²) in [6, 6.07) is 15.7. The lowest BCUT2D eigenvalue weighted by atomic mass is 10.2. The minimum absolute atomic E-state index is 0.687. The predicted molar refractivity (Wildman–Crippen MR) is 67.7 cm³/mol. The van der Waals surface area contributed by atoms with Crippen LogP contribution in [0.1, 0.15) is 5.56 Å². The van der Waals surface area contributed by atoms with Gasteiger partial charge in [0.15, 0.2) is 0 Å². The molecule has 0 unspecified atom stereocenters. The maximum Gasteiger partial charge on any atom is 0.298 e. The monoisotopic (exact) mass is 365 g/mol. The van der Waals surface area contributed by atoms with E-state index in [0.717, 1.165) is 8.59 Å². The highest BCUT2D eigenvalue weighted by atomic mass is 127. The first kappa shape index (κ1) is 13.8. The Bertz CT molecular complexity index is 441. The normalized spacial score (nSPS) is 9.25. The van der Waals surface area contributed by atoms with Gasteiger partial charge >= 0.3 is 0 Å². The van der Waals surface area contributed by atoms with E-state index in [1.807, 2.05) is 52.9 Å². The summed E-state index contributed by atoms with van der Waals surface area (Å²) in [5.41, 5.74) is 1.32. The zero-order chi connectivity index (χ0) is 12.0. The zero-order valence-electron chi connectivity index (χ0n) is 8.78. The van der Waals surface area contributed by atoms with Gasteiger partial charge in [0.25, 0.3) is 22.6 Å². The van der Waals surface area contributed by atoms with Crippen molar-refractivity contribution < 1.29 is 22.6 Å². The van der Waals surface area contributed by atoms with Crippen molar-refractivity contribution in [1.82, 2.24) is 0 Å². The van der Waals surface area contributed by atoms with Gasteiger partial charge in [0.2, 0.25) is 3.57 Å². The summed E-state index contributed by atoms with van der Waals surface area (Å²) in [5.74, 6) is 0. The molecule has 0 radical (unpaired) electrons. The first-order valence-electron chi connectivity index (χ1n) is 4.73. The lowest BCUT2D eigenvalue weighted by Gasteiger charge is -1.87. The molecule has 16 heavy (non-hydrogen) atoms. The van der Waals surface area contributed by atoms with Gasteiger partial charge in [-0.3, -0.25) is 0 Å². The SMILES string of the molecule is Cc1ccccc1.Clc1ccc([IH+])c(Cl)c1. The van der Waals surface area contributed by atoms with Crippen LogP contribution in [-0.4, -0.2) is 0 Å². The first-order chi connectivity index (χ1) is 7.59.